The smallest absolute Gasteiger partial charge is 0.0895 e. The lowest BCUT2D eigenvalue weighted by molar-refractivity contribution is -0.0279. The first-order valence-electron chi connectivity index (χ1n) is 8.64. The zero-order chi connectivity index (χ0) is 16.8. The molecule has 2 aromatic rings. The molecule has 5 nitrogen and oxygen atoms in total. The average Bonchev–Trinajstić information content (AvgIpc) is 3.03. The van der Waals surface area contributed by atoms with E-state index in [0.717, 1.165) is 26.1 Å². The summed E-state index contributed by atoms with van der Waals surface area (Å²) in [6.45, 7) is 3.30. The van der Waals surface area contributed by atoms with E-state index in [1.807, 2.05) is 17.9 Å². The predicted molar refractivity (Wildman–Crippen MR) is 93.5 cm³/mol. The van der Waals surface area contributed by atoms with Gasteiger partial charge in [-0.3, -0.25) is 4.68 Å². The van der Waals surface area contributed by atoms with Crippen molar-refractivity contribution in [3.8, 4) is 0 Å². The number of benzene rings is 1. The van der Waals surface area contributed by atoms with Crippen LogP contribution in [0.2, 0.25) is 0 Å². The molecule has 0 unspecified atom stereocenters. The van der Waals surface area contributed by atoms with Gasteiger partial charge < -0.3 is 14.8 Å². The lowest BCUT2D eigenvalue weighted by atomic mass is 9.90. The van der Waals surface area contributed by atoms with Crippen molar-refractivity contribution in [1.82, 2.24) is 15.1 Å². The second-order valence-corrected chi connectivity index (χ2v) is 6.47. The van der Waals surface area contributed by atoms with Crippen LogP contribution in [-0.4, -0.2) is 30.0 Å². The van der Waals surface area contributed by atoms with E-state index in [-0.39, 0.29) is 6.10 Å². The highest BCUT2D eigenvalue weighted by Gasteiger charge is 2.28. The first-order valence-corrected chi connectivity index (χ1v) is 8.64. The molecule has 1 aliphatic heterocycles. The van der Waals surface area contributed by atoms with Gasteiger partial charge in [-0.2, -0.15) is 5.10 Å². The molecule has 0 bridgehead atoms. The molecular weight excluding hydrogens is 302 g/mol. The van der Waals surface area contributed by atoms with Gasteiger partial charge in [-0.05, 0) is 24.0 Å². The lowest BCUT2D eigenvalue weighted by Gasteiger charge is -2.31. The van der Waals surface area contributed by atoms with Gasteiger partial charge in [0.1, 0.15) is 0 Å². The Balaban J connectivity index is 1.58. The van der Waals surface area contributed by atoms with E-state index in [2.05, 4.69) is 40.9 Å². The molecule has 2 atom stereocenters. The molecule has 1 N–H and O–H groups in total. The van der Waals surface area contributed by atoms with Gasteiger partial charge in [0.15, 0.2) is 0 Å². The normalized spacial score (nSPS) is 21.1. The van der Waals surface area contributed by atoms with Gasteiger partial charge in [0.05, 0.1) is 18.9 Å². The Hall–Kier alpha value is -1.69. The summed E-state index contributed by atoms with van der Waals surface area (Å²) >= 11 is 0. The third-order valence-electron chi connectivity index (χ3n) is 4.64. The largest absolute Gasteiger partial charge is 0.380 e. The minimum atomic E-state index is 0.147. The fraction of sp³-hybridized carbons (Fsp3) is 0.526. The number of ether oxygens (including phenoxy) is 2. The standard InChI is InChI=1S/C19H27N3O2/c1-22-13-18(12-21-22)19-16(8-5-9-24-19)11-20-10-15-6-3-4-7-17(15)14-23-2/h3-4,6-7,12-13,16,19-20H,5,8-11,14H2,1-2H3/t16-,19+/m0/s1. The average molecular weight is 329 g/mol. The van der Waals surface area contributed by atoms with Crippen LogP contribution in [0.15, 0.2) is 36.7 Å². The van der Waals surface area contributed by atoms with E-state index in [1.54, 1.807) is 7.11 Å². The highest BCUT2D eigenvalue weighted by atomic mass is 16.5. The van der Waals surface area contributed by atoms with E-state index >= 15 is 0 Å². The van der Waals surface area contributed by atoms with E-state index in [1.165, 1.54) is 23.1 Å². The molecular formula is C19H27N3O2. The summed E-state index contributed by atoms with van der Waals surface area (Å²) in [4.78, 5) is 0. The van der Waals surface area contributed by atoms with Gasteiger partial charge in [-0.1, -0.05) is 24.3 Å². The van der Waals surface area contributed by atoms with Gasteiger partial charge in [-0.15, -0.1) is 0 Å². The molecule has 0 aliphatic carbocycles. The summed E-state index contributed by atoms with van der Waals surface area (Å²) < 4.78 is 13.2. The summed E-state index contributed by atoms with van der Waals surface area (Å²) in [5.74, 6) is 0.484. The topological polar surface area (TPSA) is 48.3 Å². The number of methoxy groups -OCH3 is 1. The number of aryl methyl sites for hydroxylation is 1. The van der Waals surface area contributed by atoms with E-state index < -0.39 is 0 Å². The van der Waals surface area contributed by atoms with Crippen LogP contribution in [0.4, 0.5) is 0 Å². The molecule has 1 fully saturated rings. The van der Waals surface area contributed by atoms with Gasteiger partial charge in [0, 0.05) is 51.5 Å². The molecule has 0 saturated carbocycles. The molecule has 130 valence electrons. The van der Waals surface area contributed by atoms with Gasteiger partial charge in [-0.25, -0.2) is 0 Å². The number of nitrogens with zero attached hydrogens (tertiary/aromatic N) is 2. The Kier molecular flexibility index (Phi) is 6.01. The van der Waals surface area contributed by atoms with Crippen molar-refractivity contribution in [2.24, 2.45) is 13.0 Å². The molecule has 24 heavy (non-hydrogen) atoms. The molecule has 3 rings (SSSR count). The number of rotatable bonds is 7. The summed E-state index contributed by atoms with van der Waals surface area (Å²) in [5, 5.41) is 7.90. The predicted octanol–water partition coefficient (Wildman–Crippen LogP) is 2.82. The Morgan fingerprint density at radius 2 is 2.17 bits per heavy atom. The summed E-state index contributed by atoms with van der Waals surface area (Å²) in [7, 11) is 3.69. The fourth-order valence-corrected chi connectivity index (χ4v) is 3.43. The number of nitrogens with one attached hydrogen (secondary N) is 1. The Morgan fingerprint density at radius 3 is 2.92 bits per heavy atom. The first kappa shape index (κ1) is 17.1. The monoisotopic (exact) mass is 329 g/mol. The third-order valence-corrected chi connectivity index (χ3v) is 4.64. The molecule has 5 heteroatoms. The van der Waals surface area contributed by atoms with Gasteiger partial charge >= 0.3 is 0 Å². The molecule has 1 aliphatic rings. The van der Waals surface area contributed by atoms with Crippen LogP contribution in [0, 0.1) is 5.92 Å². The fourth-order valence-electron chi connectivity index (χ4n) is 3.43. The summed E-state index contributed by atoms with van der Waals surface area (Å²) in [6.07, 6.45) is 6.46. The number of aromatic nitrogens is 2. The SMILES string of the molecule is COCc1ccccc1CNC[C@@H]1CCCO[C@H]1c1cnn(C)c1. The van der Waals surface area contributed by atoms with E-state index in [9.17, 15) is 0 Å². The minimum Gasteiger partial charge on any atom is -0.380 e. The second-order valence-electron chi connectivity index (χ2n) is 6.47. The molecule has 1 aromatic heterocycles. The van der Waals surface area contributed by atoms with Crippen molar-refractivity contribution in [3.63, 3.8) is 0 Å². The van der Waals surface area contributed by atoms with Crippen LogP contribution < -0.4 is 5.32 Å². The highest BCUT2D eigenvalue weighted by molar-refractivity contribution is 5.26. The lowest BCUT2D eigenvalue weighted by Crippen LogP contribution is -2.31. The highest BCUT2D eigenvalue weighted by Crippen LogP contribution is 2.33. The van der Waals surface area contributed by atoms with Crippen LogP contribution in [0.5, 0.6) is 0 Å². The van der Waals surface area contributed by atoms with Crippen LogP contribution in [0.1, 0.15) is 35.6 Å². The summed E-state index contributed by atoms with van der Waals surface area (Å²) in [5.41, 5.74) is 3.73. The molecule has 2 heterocycles. The Bertz CT molecular complexity index is 641. The number of hydrogen-bond acceptors (Lipinski definition) is 4. The minimum absolute atomic E-state index is 0.147. The Morgan fingerprint density at radius 1 is 1.33 bits per heavy atom. The van der Waals surface area contributed by atoms with E-state index in [4.69, 9.17) is 9.47 Å². The van der Waals surface area contributed by atoms with Gasteiger partial charge in [0.2, 0.25) is 0 Å². The zero-order valence-electron chi connectivity index (χ0n) is 14.6. The zero-order valence-corrected chi connectivity index (χ0v) is 14.6. The van der Waals surface area contributed by atoms with Crippen LogP contribution in [-0.2, 0) is 29.7 Å². The first-order chi connectivity index (χ1) is 11.8. The maximum absolute atomic E-state index is 6.04. The van der Waals surface area contributed by atoms with Crippen LogP contribution in [0.3, 0.4) is 0 Å². The van der Waals surface area contributed by atoms with Gasteiger partial charge in [0.25, 0.3) is 0 Å². The molecule has 0 spiro atoms. The molecule has 1 saturated heterocycles. The van der Waals surface area contributed by atoms with Crippen molar-refractivity contribution in [1.29, 1.82) is 0 Å². The maximum atomic E-state index is 6.04. The number of hydrogen-bond donors (Lipinski definition) is 1. The van der Waals surface area contributed by atoms with Crippen LogP contribution >= 0.6 is 0 Å². The van der Waals surface area contributed by atoms with Crippen molar-refractivity contribution < 1.29 is 9.47 Å². The molecule has 0 radical (unpaired) electrons. The van der Waals surface area contributed by atoms with Crippen molar-refractivity contribution in [2.75, 3.05) is 20.3 Å². The second kappa shape index (κ2) is 8.42. The Labute approximate surface area is 144 Å². The molecule has 1 aromatic carbocycles. The van der Waals surface area contributed by atoms with Crippen LogP contribution in [0.25, 0.3) is 0 Å². The van der Waals surface area contributed by atoms with Crippen molar-refractivity contribution in [3.05, 3.63) is 53.3 Å². The third kappa shape index (κ3) is 4.23. The summed E-state index contributed by atoms with van der Waals surface area (Å²) in [6, 6.07) is 8.43. The van der Waals surface area contributed by atoms with Crippen molar-refractivity contribution >= 4 is 0 Å². The van der Waals surface area contributed by atoms with Crippen molar-refractivity contribution in [2.45, 2.75) is 32.1 Å². The molecule has 0 amide bonds. The quantitative estimate of drug-likeness (QED) is 0.848. The van der Waals surface area contributed by atoms with E-state index in [0.29, 0.717) is 12.5 Å². The maximum Gasteiger partial charge on any atom is 0.0895 e.